The Balaban J connectivity index is 4.13. The average molecular weight is 174 g/mol. The molecule has 0 aromatic carbocycles. The summed E-state index contributed by atoms with van der Waals surface area (Å²) in [6.07, 6.45) is 0.789. The van der Waals surface area contributed by atoms with E-state index in [-0.39, 0.29) is 13.0 Å². The predicted molar refractivity (Wildman–Crippen MR) is 46.9 cm³/mol. The summed E-state index contributed by atoms with van der Waals surface area (Å²) in [5.41, 5.74) is -0.458. The molecule has 1 unspecified atom stereocenters. The van der Waals surface area contributed by atoms with Gasteiger partial charge < -0.3 is 10.2 Å². The van der Waals surface area contributed by atoms with E-state index in [1.807, 2.05) is 13.8 Å². The number of aliphatic carboxylic acids is 1. The van der Waals surface area contributed by atoms with Crippen molar-refractivity contribution in [1.29, 1.82) is 0 Å². The minimum atomic E-state index is -0.841. The summed E-state index contributed by atoms with van der Waals surface area (Å²) in [6, 6.07) is 0. The first kappa shape index (κ1) is 11.4. The Morgan fingerprint density at radius 3 is 2.25 bits per heavy atom. The van der Waals surface area contributed by atoms with Gasteiger partial charge in [-0.1, -0.05) is 20.8 Å². The molecule has 0 aromatic heterocycles. The smallest absolute Gasteiger partial charge is 0.303 e. The zero-order chi connectivity index (χ0) is 9.78. The molecule has 0 heterocycles. The standard InChI is InChI=1S/C9H18O3/c1-7(2)4-9(3,6-10)5-8(11)12/h7,10H,4-6H2,1-3H3,(H,11,12). The molecule has 72 valence electrons. The lowest BCUT2D eigenvalue weighted by Crippen LogP contribution is -2.26. The van der Waals surface area contributed by atoms with Crippen LogP contribution in [0.2, 0.25) is 0 Å². The number of carboxylic acids is 1. The van der Waals surface area contributed by atoms with Crippen molar-refractivity contribution in [1.82, 2.24) is 0 Å². The normalized spacial score (nSPS) is 16.1. The molecule has 0 aliphatic carbocycles. The first-order valence-electron chi connectivity index (χ1n) is 4.22. The molecule has 0 amide bonds. The Labute approximate surface area is 73.4 Å². The SMILES string of the molecule is CC(C)CC(C)(CO)CC(=O)O. The molecule has 0 bridgehead atoms. The van der Waals surface area contributed by atoms with Gasteiger partial charge in [-0.15, -0.1) is 0 Å². The highest BCUT2D eigenvalue weighted by Crippen LogP contribution is 2.29. The van der Waals surface area contributed by atoms with Gasteiger partial charge in [-0.25, -0.2) is 0 Å². The molecule has 0 radical (unpaired) electrons. The van der Waals surface area contributed by atoms with Gasteiger partial charge in [0.25, 0.3) is 0 Å². The van der Waals surface area contributed by atoms with Crippen LogP contribution in [0.15, 0.2) is 0 Å². The van der Waals surface area contributed by atoms with E-state index in [0.29, 0.717) is 5.92 Å². The third kappa shape index (κ3) is 4.34. The van der Waals surface area contributed by atoms with E-state index in [2.05, 4.69) is 0 Å². The Bertz CT molecular complexity index is 154. The second-order valence-electron chi connectivity index (χ2n) is 4.14. The minimum absolute atomic E-state index is 0.0433. The molecular weight excluding hydrogens is 156 g/mol. The second kappa shape index (κ2) is 4.45. The van der Waals surface area contributed by atoms with Crippen LogP contribution >= 0.6 is 0 Å². The largest absolute Gasteiger partial charge is 0.481 e. The molecule has 0 spiro atoms. The molecule has 1 atom stereocenters. The number of carboxylic acid groups (broad SMARTS) is 1. The van der Waals surface area contributed by atoms with Crippen molar-refractivity contribution in [3.05, 3.63) is 0 Å². The minimum Gasteiger partial charge on any atom is -0.481 e. The van der Waals surface area contributed by atoms with Gasteiger partial charge >= 0.3 is 5.97 Å². The Hall–Kier alpha value is -0.570. The lowest BCUT2D eigenvalue weighted by molar-refractivity contribution is -0.140. The summed E-state index contributed by atoms with van der Waals surface area (Å²) in [6.45, 7) is 5.80. The zero-order valence-corrected chi connectivity index (χ0v) is 8.00. The number of aliphatic hydroxyl groups is 1. The number of carbonyl (C=O) groups is 1. The molecule has 0 aliphatic heterocycles. The summed E-state index contributed by atoms with van der Waals surface area (Å²) in [7, 11) is 0. The van der Waals surface area contributed by atoms with E-state index < -0.39 is 11.4 Å². The first-order valence-corrected chi connectivity index (χ1v) is 4.22. The third-order valence-electron chi connectivity index (χ3n) is 1.86. The Kier molecular flexibility index (Phi) is 4.24. The van der Waals surface area contributed by atoms with Gasteiger partial charge in [0.2, 0.25) is 0 Å². The fourth-order valence-electron chi connectivity index (χ4n) is 1.54. The van der Waals surface area contributed by atoms with E-state index in [0.717, 1.165) is 6.42 Å². The van der Waals surface area contributed by atoms with Gasteiger partial charge in [-0.2, -0.15) is 0 Å². The molecule has 0 aliphatic rings. The average Bonchev–Trinajstić information content (AvgIpc) is 1.83. The first-order chi connectivity index (χ1) is 5.39. The topological polar surface area (TPSA) is 57.5 Å². The van der Waals surface area contributed by atoms with Crippen molar-refractivity contribution in [2.24, 2.45) is 11.3 Å². The van der Waals surface area contributed by atoms with E-state index in [4.69, 9.17) is 10.2 Å². The van der Waals surface area contributed by atoms with Gasteiger partial charge in [0.1, 0.15) is 0 Å². The van der Waals surface area contributed by atoms with Crippen LogP contribution in [0, 0.1) is 11.3 Å². The molecule has 0 aromatic rings. The Morgan fingerprint density at radius 1 is 1.50 bits per heavy atom. The molecule has 3 heteroatoms. The van der Waals surface area contributed by atoms with Crippen molar-refractivity contribution >= 4 is 5.97 Å². The molecule has 0 saturated carbocycles. The van der Waals surface area contributed by atoms with Crippen molar-refractivity contribution in [2.75, 3.05) is 6.61 Å². The van der Waals surface area contributed by atoms with Crippen molar-refractivity contribution in [3.8, 4) is 0 Å². The van der Waals surface area contributed by atoms with E-state index in [1.165, 1.54) is 0 Å². The highest BCUT2D eigenvalue weighted by molar-refractivity contribution is 5.67. The number of aliphatic hydroxyl groups excluding tert-OH is 1. The number of hydrogen-bond acceptors (Lipinski definition) is 2. The molecule has 3 nitrogen and oxygen atoms in total. The van der Waals surface area contributed by atoms with E-state index in [9.17, 15) is 4.79 Å². The quantitative estimate of drug-likeness (QED) is 0.664. The van der Waals surface area contributed by atoms with Crippen LogP contribution in [0.3, 0.4) is 0 Å². The summed E-state index contributed by atoms with van der Waals surface area (Å²) >= 11 is 0. The van der Waals surface area contributed by atoms with Gasteiger partial charge in [0, 0.05) is 12.0 Å². The van der Waals surface area contributed by atoms with Crippen LogP contribution in [0.25, 0.3) is 0 Å². The van der Waals surface area contributed by atoms with Crippen molar-refractivity contribution in [3.63, 3.8) is 0 Å². The van der Waals surface area contributed by atoms with E-state index >= 15 is 0 Å². The van der Waals surface area contributed by atoms with Crippen molar-refractivity contribution < 1.29 is 15.0 Å². The van der Waals surface area contributed by atoms with Crippen LogP contribution in [-0.2, 0) is 4.79 Å². The Morgan fingerprint density at radius 2 is 2.00 bits per heavy atom. The van der Waals surface area contributed by atoms with Crippen LogP contribution in [0.5, 0.6) is 0 Å². The lowest BCUT2D eigenvalue weighted by Gasteiger charge is -2.27. The monoisotopic (exact) mass is 174 g/mol. The van der Waals surface area contributed by atoms with Gasteiger partial charge in [0.15, 0.2) is 0 Å². The highest BCUT2D eigenvalue weighted by atomic mass is 16.4. The fraction of sp³-hybridized carbons (Fsp3) is 0.889. The fourth-order valence-corrected chi connectivity index (χ4v) is 1.54. The maximum Gasteiger partial charge on any atom is 0.303 e. The number of rotatable bonds is 5. The molecule has 12 heavy (non-hydrogen) atoms. The lowest BCUT2D eigenvalue weighted by atomic mass is 9.80. The molecule has 0 saturated heterocycles. The molecule has 0 rings (SSSR count). The van der Waals surface area contributed by atoms with Crippen LogP contribution < -0.4 is 0 Å². The predicted octanol–water partition coefficient (Wildman–Crippen LogP) is 1.51. The van der Waals surface area contributed by atoms with E-state index in [1.54, 1.807) is 6.92 Å². The zero-order valence-electron chi connectivity index (χ0n) is 8.00. The van der Waals surface area contributed by atoms with Gasteiger partial charge in [0.05, 0.1) is 6.42 Å². The molecule has 2 N–H and O–H groups in total. The summed E-state index contributed by atoms with van der Waals surface area (Å²) in [4.78, 5) is 10.4. The maximum atomic E-state index is 10.4. The van der Waals surface area contributed by atoms with Crippen LogP contribution in [0.1, 0.15) is 33.6 Å². The van der Waals surface area contributed by atoms with Crippen LogP contribution in [0.4, 0.5) is 0 Å². The molecule has 0 fully saturated rings. The third-order valence-corrected chi connectivity index (χ3v) is 1.86. The van der Waals surface area contributed by atoms with Crippen molar-refractivity contribution in [2.45, 2.75) is 33.6 Å². The molecular formula is C9H18O3. The number of hydrogen-bond donors (Lipinski definition) is 2. The van der Waals surface area contributed by atoms with Gasteiger partial charge in [-0.3, -0.25) is 4.79 Å². The summed E-state index contributed by atoms with van der Waals surface area (Å²) in [5.74, 6) is -0.422. The highest BCUT2D eigenvalue weighted by Gasteiger charge is 2.27. The van der Waals surface area contributed by atoms with Crippen LogP contribution in [-0.4, -0.2) is 22.8 Å². The second-order valence-corrected chi connectivity index (χ2v) is 4.14. The maximum absolute atomic E-state index is 10.4. The van der Waals surface area contributed by atoms with Gasteiger partial charge in [-0.05, 0) is 12.3 Å². The summed E-state index contributed by atoms with van der Waals surface area (Å²) in [5, 5.41) is 17.6. The summed E-state index contributed by atoms with van der Waals surface area (Å²) < 4.78 is 0.